The minimum absolute atomic E-state index is 0.135. The molecule has 3 rings (SSSR count). The van der Waals surface area contributed by atoms with Gasteiger partial charge in [-0.2, -0.15) is 5.26 Å². The lowest BCUT2D eigenvalue weighted by atomic mass is 10.1. The molecule has 0 atom stereocenters. The third-order valence-corrected chi connectivity index (χ3v) is 4.22. The maximum atomic E-state index is 12.2. The number of hydrogen-bond donors (Lipinski definition) is 2. The van der Waals surface area contributed by atoms with Crippen molar-refractivity contribution in [1.29, 1.82) is 5.26 Å². The van der Waals surface area contributed by atoms with E-state index >= 15 is 0 Å². The second kappa shape index (κ2) is 10.4. The fraction of sp³-hybridized carbons (Fsp3) is 0.0800. The predicted octanol–water partition coefficient (Wildman–Crippen LogP) is 4.75. The van der Waals surface area contributed by atoms with E-state index in [0.717, 1.165) is 11.1 Å². The van der Waals surface area contributed by atoms with Gasteiger partial charge in [-0.05, 0) is 53.6 Å². The van der Waals surface area contributed by atoms with Gasteiger partial charge < -0.3 is 15.4 Å². The summed E-state index contributed by atoms with van der Waals surface area (Å²) in [6, 6.07) is 23.6. The molecule has 0 aliphatic carbocycles. The Kier molecular flexibility index (Phi) is 7.17. The summed E-state index contributed by atoms with van der Waals surface area (Å²) < 4.78 is 5.77. The van der Waals surface area contributed by atoms with Crippen LogP contribution in [-0.2, 0) is 16.2 Å². The number of benzene rings is 3. The molecular weight excluding hydrogens is 390 g/mol. The molecule has 0 bridgehead atoms. The van der Waals surface area contributed by atoms with E-state index in [1.165, 1.54) is 13.0 Å². The summed E-state index contributed by atoms with van der Waals surface area (Å²) in [5.41, 5.74) is 3.62. The van der Waals surface area contributed by atoms with Crippen LogP contribution < -0.4 is 15.4 Å². The van der Waals surface area contributed by atoms with Crippen LogP contribution in [-0.4, -0.2) is 11.8 Å². The van der Waals surface area contributed by atoms with Crippen molar-refractivity contribution in [3.8, 4) is 11.8 Å². The number of carbonyl (C=O) groups excluding carboxylic acids is 2. The Hall–Kier alpha value is -4.37. The molecule has 3 aromatic rings. The first-order valence-electron chi connectivity index (χ1n) is 9.60. The molecule has 2 amide bonds. The number of nitriles is 1. The number of nitrogens with zero attached hydrogens (tertiary/aromatic N) is 1. The fourth-order valence-corrected chi connectivity index (χ4v) is 2.80. The van der Waals surface area contributed by atoms with Gasteiger partial charge in [-0.1, -0.05) is 30.3 Å². The minimum atomic E-state index is -0.273. The van der Waals surface area contributed by atoms with Crippen LogP contribution in [0.15, 0.2) is 78.9 Å². The van der Waals surface area contributed by atoms with Gasteiger partial charge in [0.05, 0.1) is 11.6 Å². The average molecular weight is 411 g/mol. The zero-order valence-corrected chi connectivity index (χ0v) is 17.0. The molecule has 6 nitrogen and oxygen atoms in total. The molecule has 0 unspecified atom stereocenters. The summed E-state index contributed by atoms with van der Waals surface area (Å²) in [4.78, 5) is 23.3. The van der Waals surface area contributed by atoms with Gasteiger partial charge in [0.15, 0.2) is 0 Å². The Morgan fingerprint density at radius 3 is 2.48 bits per heavy atom. The van der Waals surface area contributed by atoms with Crippen molar-refractivity contribution in [2.45, 2.75) is 13.5 Å². The van der Waals surface area contributed by atoms with E-state index in [-0.39, 0.29) is 11.8 Å². The van der Waals surface area contributed by atoms with Gasteiger partial charge in [-0.15, -0.1) is 0 Å². The fourth-order valence-electron chi connectivity index (χ4n) is 2.80. The van der Waals surface area contributed by atoms with Gasteiger partial charge >= 0.3 is 0 Å². The smallest absolute Gasteiger partial charge is 0.248 e. The molecule has 0 aliphatic heterocycles. The van der Waals surface area contributed by atoms with E-state index in [9.17, 15) is 9.59 Å². The summed E-state index contributed by atoms with van der Waals surface area (Å²) in [7, 11) is 0. The second-order valence-electron chi connectivity index (χ2n) is 6.75. The lowest BCUT2D eigenvalue weighted by molar-refractivity contribution is -0.114. The van der Waals surface area contributed by atoms with Crippen molar-refractivity contribution in [1.82, 2.24) is 0 Å². The van der Waals surface area contributed by atoms with Crippen LogP contribution in [0, 0.1) is 11.3 Å². The molecule has 31 heavy (non-hydrogen) atoms. The van der Waals surface area contributed by atoms with E-state index < -0.39 is 0 Å². The van der Waals surface area contributed by atoms with Crippen LogP contribution in [0.1, 0.15) is 23.6 Å². The van der Waals surface area contributed by atoms with E-state index in [0.29, 0.717) is 29.3 Å². The van der Waals surface area contributed by atoms with Gasteiger partial charge in [0.25, 0.3) is 0 Å². The second-order valence-corrected chi connectivity index (χ2v) is 6.75. The topological polar surface area (TPSA) is 91.2 Å². The molecule has 0 saturated heterocycles. The van der Waals surface area contributed by atoms with Crippen LogP contribution in [0.4, 0.5) is 11.4 Å². The largest absolute Gasteiger partial charge is 0.489 e. The molecule has 154 valence electrons. The lowest BCUT2D eigenvalue weighted by Gasteiger charge is -2.09. The van der Waals surface area contributed by atoms with Crippen molar-refractivity contribution in [3.05, 3.63) is 95.6 Å². The van der Waals surface area contributed by atoms with Gasteiger partial charge in [0.2, 0.25) is 11.8 Å². The number of amides is 2. The van der Waals surface area contributed by atoms with E-state index in [4.69, 9.17) is 10.00 Å². The third kappa shape index (κ3) is 6.87. The molecule has 6 heteroatoms. The van der Waals surface area contributed by atoms with Crippen molar-refractivity contribution < 1.29 is 14.3 Å². The third-order valence-electron chi connectivity index (χ3n) is 4.22. The maximum absolute atomic E-state index is 12.2. The first-order valence-corrected chi connectivity index (χ1v) is 9.60. The predicted molar refractivity (Wildman–Crippen MR) is 120 cm³/mol. The molecule has 0 spiro atoms. The zero-order valence-electron chi connectivity index (χ0n) is 17.0. The van der Waals surface area contributed by atoms with Crippen LogP contribution in [0.25, 0.3) is 6.08 Å². The summed E-state index contributed by atoms with van der Waals surface area (Å²) in [5, 5.41) is 14.5. The molecule has 3 aromatic carbocycles. The molecule has 0 radical (unpaired) electrons. The zero-order chi connectivity index (χ0) is 22.1. The van der Waals surface area contributed by atoms with Crippen LogP contribution >= 0.6 is 0 Å². The van der Waals surface area contributed by atoms with Gasteiger partial charge in [-0.25, -0.2) is 0 Å². The number of hydrogen-bond acceptors (Lipinski definition) is 4. The van der Waals surface area contributed by atoms with Crippen LogP contribution in [0.3, 0.4) is 0 Å². The summed E-state index contributed by atoms with van der Waals surface area (Å²) in [6.45, 7) is 1.77. The van der Waals surface area contributed by atoms with Crippen LogP contribution in [0.5, 0.6) is 5.75 Å². The Morgan fingerprint density at radius 2 is 1.74 bits per heavy atom. The van der Waals surface area contributed by atoms with Crippen molar-refractivity contribution in [2.75, 3.05) is 10.6 Å². The van der Waals surface area contributed by atoms with E-state index in [1.54, 1.807) is 54.6 Å². The Morgan fingerprint density at radius 1 is 0.968 bits per heavy atom. The highest BCUT2D eigenvalue weighted by molar-refractivity contribution is 6.02. The van der Waals surface area contributed by atoms with E-state index in [2.05, 4.69) is 16.7 Å². The number of carbonyl (C=O) groups is 2. The Balaban J connectivity index is 1.56. The quantitative estimate of drug-likeness (QED) is 0.549. The molecule has 2 N–H and O–H groups in total. The number of anilines is 2. The van der Waals surface area contributed by atoms with Crippen molar-refractivity contribution in [2.24, 2.45) is 0 Å². The highest BCUT2D eigenvalue weighted by Crippen LogP contribution is 2.19. The monoisotopic (exact) mass is 411 g/mol. The van der Waals surface area contributed by atoms with Crippen molar-refractivity contribution in [3.63, 3.8) is 0 Å². The average Bonchev–Trinajstić information content (AvgIpc) is 2.77. The normalized spacial score (nSPS) is 10.3. The number of ether oxygens (including phenoxy) is 1. The maximum Gasteiger partial charge on any atom is 0.248 e. The van der Waals surface area contributed by atoms with Gasteiger partial charge in [0, 0.05) is 30.4 Å². The summed E-state index contributed by atoms with van der Waals surface area (Å²) >= 11 is 0. The van der Waals surface area contributed by atoms with Crippen LogP contribution in [0.2, 0.25) is 0 Å². The molecule has 0 fully saturated rings. The first kappa shape index (κ1) is 21.3. The number of rotatable bonds is 7. The standard InChI is InChI=1S/C25H21N3O3/c1-18(29)27-22-11-8-19(9-12-22)10-13-25(30)28-23-6-3-7-24(15-23)31-17-21-5-2-4-20(14-21)16-26/h2-15H,17H2,1H3,(H,27,29)(H,28,30)/b13-10+. The highest BCUT2D eigenvalue weighted by atomic mass is 16.5. The molecule has 0 saturated carbocycles. The summed E-state index contributed by atoms with van der Waals surface area (Å²) in [6.07, 6.45) is 3.13. The van der Waals surface area contributed by atoms with Crippen molar-refractivity contribution >= 4 is 29.3 Å². The first-order chi connectivity index (χ1) is 15.0. The molecule has 0 heterocycles. The van der Waals surface area contributed by atoms with E-state index in [1.807, 2.05) is 24.3 Å². The number of nitrogens with one attached hydrogen (secondary N) is 2. The van der Waals surface area contributed by atoms with Gasteiger partial charge in [-0.3, -0.25) is 9.59 Å². The van der Waals surface area contributed by atoms with Gasteiger partial charge in [0.1, 0.15) is 12.4 Å². The minimum Gasteiger partial charge on any atom is -0.489 e. The lowest BCUT2D eigenvalue weighted by Crippen LogP contribution is -2.08. The molecule has 0 aromatic heterocycles. The Bertz CT molecular complexity index is 1150. The summed E-state index contributed by atoms with van der Waals surface area (Å²) in [5.74, 6) is 0.201. The Labute approximate surface area is 180 Å². The highest BCUT2D eigenvalue weighted by Gasteiger charge is 2.02. The SMILES string of the molecule is CC(=O)Nc1ccc(/C=C/C(=O)Nc2cccc(OCc3cccc(C#N)c3)c2)cc1. The molecular formula is C25H21N3O3. The molecule has 0 aliphatic rings.